The molecule has 130 valence electrons. The summed E-state index contributed by atoms with van der Waals surface area (Å²) in [6.07, 6.45) is 9.65. The molecule has 6 nitrogen and oxygen atoms in total. The zero-order chi connectivity index (χ0) is 17.1. The average molecular weight is 337 g/mol. The third kappa shape index (κ3) is 3.90. The van der Waals surface area contributed by atoms with E-state index in [9.17, 15) is 0 Å². The quantitative estimate of drug-likeness (QED) is 0.846. The predicted molar refractivity (Wildman–Crippen MR) is 98.0 cm³/mol. The normalized spacial score (nSPS) is 19.8. The first-order valence-corrected chi connectivity index (χ1v) is 8.90. The number of nitrogens with one attached hydrogen (secondary N) is 1. The van der Waals surface area contributed by atoms with E-state index in [4.69, 9.17) is 10.5 Å². The first kappa shape index (κ1) is 15.9. The summed E-state index contributed by atoms with van der Waals surface area (Å²) in [5, 5.41) is 3.26. The van der Waals surface area contributed by atoms with Crippen LogP contribution in [0.1, 0.15) is 42.7 Å². The van der Waals surface area contributed by atoms with Crippen LogP contribution in [0.25, 0.3) is 0 Å². The number of ether oxygens (including phenoxy) is 1. The van der Waals surface area contributed by atoms with Crippen molar-refractivity contribution in [3.63, 3.8) is 0 Å². The van der Waals surface area contributed by atoms with E-state index in [1.165, 1.54) is 30.4 Å². The topological polar surface area (TPSA) is 85.4 Å². The van der Waals surface area contributed by atoms with Crippen LogP contribution in [0.5, 0.6) is 0 Å². The molecule has 0 unspecified atom stereocenters. The average Bonchev–Trinajstić information content (AvgIpc) is 3.00. The van der Waals surface area contributed by atoms with Crippen LogP contribution in [0.15, 0.2) is 41.7 Å². The van der Waals surface area contributed by atoms with Crippen molar-refractivity contribution in [1.29, 1.82) is 0 Å². The lowest BCUT2D eigenvalue weighted by molar-refractivity contribution is 0.308. The second-order valence-electron chi connectivity index (χ2n) is 6.76. The van der Waals surface area contributed by atoms with Gasteiger partial charge in [0.1, 0.15) is 6.61 Å². The Kier molecular flexibility index (Phi) is 4.50. The van der Waals surface area contributed by atoms with Gasteiger partial charge in [0.15, 0.2) is 0 Å². The van der Waals surface area contributed by atoms with Gasteiger partial charge < -0.3 is 15.8 Å². The monoisotopic (exact) mass is 337 g/mol. The molecule has 2 aliphatic rings. The van der Waals surface area contributed by atoms with E-state index >= 15 is 0 Å². The van der Waals surface area contributed by atoms with E-state index in [1.807, 2.05) is 12.4 Å². The third-order valence-corrected chi connectivity index (χ3v) is 4.96. The van der Waals surface area contributed by atoms with Gasteiger partial charge in [-0.3, -0.25) is 0 Å². The lowest BCUT2D eigenvalue weighted by Gasteiger charge is -2.24. The molecule has 1 aromatic heterocycles. The van der Waals surface area contributed by atoms with Crippen LogP contribution in [-0.2, 0) is 11.2 Å². The lowest BCUT2D eigenvalue weighted by Crippen LogP contribution is -2.10. The zero-order valence-corrected chi connectivity index (χ0v) is 14.2. The smallest absolute Gasteiger partial charge is 0.282 e. The molecule has 2 heterocycles. The number of anilines is 2. The van der Waals surface area contributed by atoms with Gasteiger partial charge in [0.2, 0.25) is 5.95 Å². The van der Waals surface area contributed by atoms with Crippen molar-refractivity contribution in [2.24, 2.45) is 10.7 Å². The van der Waals surface area contributed by atoms with E-state index in [0.717, 1.165) is 18.5 Å². The summed E-state index contributed by atoms with van der Waals surface area (Å²) in [4.78, 5) is 13.1. The Bertz CT molecular complexity index is 737. The highest BCUT2D eigenvalue weighted by Crippen LogP contribution is 2.35. The summed E-state index contributed by atoms with van der Waals surface area (Å²) >= 11 is 0. The molecular formula is C19H23N5O. The highest BCUT2D eigenvalue weighted by Gasteiger charge is 2.20. The van der Waals surface area contributed by atoms with Gasteiger partial charge in [-0.25, -0.2) is 15.0 Å². The Hall–Kier alpha value is -2.63. The fourth-order valence-electron chi connectivity index (χ4n) is 3.16. The minimum atomic E-state index is 0.181. The minimum absolute atomic E-state index is 0.181. The molecule has 1 atom stereocenters. The van der Waals surface area contributed by atoms with Crippen molar-refractivity contribution in [2.75, 3.05) is 11.9 Å². The molecule has 0 saturated heterocycles. The van der Waals surface area contributed by atoms with E-state index in [2.05, 4.69) is 44.5 Å². The summed E-state index contributed by atoms with van der Waals surface area (Å²) < 4.78 is 5.18. The highest BCUT2D eigenvalue weighted by atomic mass is 16.5. The molecule has 1 aromatic carbocycles. The van der Waals surface area contributed by atoms with Crippen LogP contribution in [0.2, 0.25) is 0 Å². The van der Waals surface area contributed by atoms with Crippen molar-refractivity contribution in [1.82, 2.24) is 9.97 Å². The zero-order valence-electron chi connectivity index (χ0n) is 14.2. The van der Waals surface area contributed by atoms with Gasteiger partial charge in [-0.1, -0.05) is 18.6 Å². The van der Waals surface area contributed by atoms with E-state index < -0.39 is 0 Å². The molecule has 3 N–H and O–H groups in total. The van der Waals surface area contributed by atoms with Crippen molar-refractivity contribution in [3.8, 4) is 0 Å². The Morgan fingerprint density at radius 2 is 1.88 bits per heavy atom. The molecule has 2 aromatic rings. The van der Waals surface area contributed by atoms with E-state index in [-0.39, 0.29) is 6.04 Å². The van der Waals surface area contributed by atoms with Gasteiger partial charge in [0.05, 0.1) is 6.04 Å². The molecule has 1 aliphatic carbocycles. The molecule has 1 fully saturated rings. The number of amidine groups is 1. The highest BCUT2D eigenvalue weighted by molar-refractivity contribution is 5.73. The third-order valence-electron chi connectivity index (χ3n) is 4.96. The van der Waals surface area contributed by atoms with Crippen LogP contribution in [0, 0.1) is 0 Å². The minimum Gasteiger partial charge on any atom is -0.463 e. The molecule has 0 spiro atoms. The second-order valence-corrected chi connectivity index (χ2v) is 6.76. The Labute approximate surface area is 147 Å². The first-order valence-electron chi connectivity index (χ1n) is 8.90. The Morgan fingerprint density at radius 1 is 1.12 bits per heavy atom. The van der Waals surface area contributed by atoms with Crippen LogP contribution in [-0.4, -0.2) is 28.6 Å². The maximum atomic E-state index is 5.53. The number of aryl methyl sites for hydroxylation is 1. The standard InChI is InChI=1S/C19H23N5O/c20-18-23-17(12-25-18)9-6-13-4-7-16(8-5-13)24-19-21-10-15(11-22-19)14-2-1-3-14/h4-5,7-8,10-11,14,17H,1-3,6,9,12H2,(H2,20,23)(H,21,22,24)/t17-/m0/s1. The van der Waals surface area contributed by atoms with Crippen LogP contribution < -0.4 is 11.1 Å². The summed E-state index contributed by atoms with van der Waals surface area (Å²) in [6, 6.07) is 8.85. The van der Waals surface area contributed by atoms with Gasteiger partial charge in [0, 0.05) is 18.1 Å². The number of rotatable bonds is 6. The molecule has 6 heteroatoms. The van der Waals surface area contributed by atoms with Crippen molar-refractivity contribution in [3.05, 3.63) is 47.8 Å². The summed E-state index contributed by atoms with van der Waals surface area (Å²) in [7, 11) is 0. The molecule has 1 saturated carbocycles. The van der Waals surface area contributed by atoms with Gasteiger partial charge in [-0.15, -0.1) is 0 Å². The largest absolute Gasteiger partial charge is 0.463 e. The number of aliphatic imine (C=N–C) groups is 1. The van der Waals surface area contributed by atoms with Crippen molar-refractivity contribution < 1.29 is 4.74 Å². The van der Waals surface area contributed by atoms with Gasteiger partial charge in [0.25, 0.3) is 6.02 Å². The van der Waals surface area contributed by atoms with E-state index in [1.54, 1.807) is 0 Å². The first-order chi connectivity index (χ1) is 12.3. The number of aromatic nitrogens is 2. The van der Waals surface area contributed by atoms with Crippen molar-refractivity contribution in [2.45, 2.75) is 44.1 Å². The maximum Gasteiger partial charge on any atom is 0.282 e. The molecule has 25 heavy (non-hydrogen) atoms. The predicted octanol–water partition coefficient (Wildman–Crippen LogP) is 3.13. The number of benzene rings is 1. The Morgan fingerprint density at radius 3 is 2.48 bits per heavy atom. The molecule has 0 radical (unpaired) electrons. The number of hydrogen-bond acceptors (Lipinski definition) is 6. The van der Waals surface area contributed by atoms with Gasteiger partial charge in [-0.05, 0) is 54.9 Å². The van der Waals surface area contributed by atoms with Crippen LogP contribution in [0.3, 0.4) is 0 Å². The van der Waals surface area contributed by atoms with Crippen molar-refractivity contribution >= 4 is 17.7 Å². The molecular weight excluding hydrogens is 314 g/mol. The summed E-state index contributed by atoms with van der Waals surface area (Å²) in [5.41, 5.74) is 9.05. The summed E-state index contributed by atoms with van der Waals surface area (Å²) in [6.45, 7) is 0.597. The molecule has 0 bridgehead atoms. The second kappa shape index (κ2) is 7.09. The molecule has 4 rings (SSSR count). The molecule has 1 aliphatic heterocycles. The number of nitrogens with zero attached hydrogens (tertiary/aromatic N) is 3. The SMILES string of the molecule is NC1=N[C@@H](CCc2ccc(Nc3ncc(C4CCC4)cn3)cc2)CO1. The maximum absolute atomic E-state index is 5.53. The van der Waals surface area contributed by atoms with Gasteiger partial charge >= 0.3 is 0 Å². The summed E-state index contributed by atoms with van der Waals surface area (Å²) in [5.74, 6) is 1.31. The fourth-order valence-corrected chi connectivity index (χ4v) is 3.16. The lowest BCUT2D eigenvalue weighted by atomic mass is 9.81. The van der Waals surface area contributed by atoms with E-state index in [0.29, 0.717) is 24.5 Å². The Balaban J connectivity index is 1.30. The van der Waals surface area contributed by atoms with Crippen LogP contribution >= 0.6 is 0 Å². The van der Waals surface area contributed by atoms with Crippen LogP contribution in [0.4, 0.5) is 11.6 Å². The fraction of sp³-hybridized carbons (Fsp3) is 0.421. The number of hydrogen-bond donors (Lipinski definition) is 2. The molecule has 0 amide bonds. The van der Waals surface area contributed by atoms with Gasteiger partial charge in [-0.2, -0.15) is 0 Å². The number of nitrogens with two attached hydrogens (primary N) is 1.